The second-order valence-electron chi connectivity index (χ2n) is 4.04. The number of thioether (sulfide) groups is 1. The number of thiophene rings is 1. The van der Waals surface area contributed by atoms with Crippen molar-refractivity contribution in [3.63, 3.8) is 0 Å². The van der Waals surface area contributed by atoms with Gasteiger partial charge in [0.2, 0.25) is 5.78 Å². The number of benzene rings is 1. The van der Waals surface area contributed by atoms with Crippen LogP contribution in [-0.4, -0.2) is 16.4 Å². The highest BCUT2D eigenvalue weighted by molar-refractivity contribution is 8.00. The van der Waals surface area contributed by atoms with Crippen LogP contribution in [0.3, 0.4) is 0 Å². The maximum absolute atomic E-state index is 12.5. The van der Waals surface area contributed by atoms with Gasteiger partial charge in [-0.2, -0.15) is 4.37 Å². The molecule has 0 unspecified atom stereocenters. The molecule has 20 heavy (non-hydrogen) atoms. The molecule has 2 heterocycles. The predicted molar refractivity (Wildman–Crippen MR) is 88.6 cm³/mol. The highest BCUT2D eigenvalue weighted by Gasteiger charge is 2.21. The molecule has 0 spiro atoms. The SMILES string of the molecule is CSc1snc2sc(C(=O)c3ccc(Cl)cc3)c(N)c12. The normalized spacial score (nSPS) is 11.1. The van der Waals surface area contributed by atoms with Crippen LogP contribution in [0.25, 0.3) is 10.2 Å². The van der Waals surface area contributed by atoms with Gasteiger partial charge in [0.1, 0.15) is 9.71 Å². The fourth-order valence-electron chi connectivity index (χ4n) is 1.86. The Morgan fingerprint density at radius 3 is 2.70 bits per heavy atom. The summed E-state index contributed by atoms with van der Waals surface area (Å²) in [4.78, 5) is 13.9. The van der Waals surface area contributed by atoms with Crippen LogP contribution in [-0.2, 0) is 0 Å². The number of aromatic nitrogens is 1. The van der Waals surface area contributed by atoms with Gasteiger partial charge in [0.15, 0.2) is 0 Å². The summed E-state index contributed by atoms with van der Waals surface area (Å²) in [5.41, 5.74) is 7.26. The standard InChI is InChI=1S/C13H9ClN2OS3/c1-18-13-8-9(15)11(19-12(8)16-20-13)10(17)6-2-4-7(14)5-3-6/h2-5H,15H2,1H3. The highest BCUT2D eigenvalue weighted by Crippen LogP contribution is 2.42. The van der Waals surface area contributed by atoms with E-state index in [4.69, 9.17) is 17.3 Å². The van der Waals surface area contributed by atoms with Crippen LogP contribution < -0.4 is 5.73 Å². The van der Waals surface area contributed by atoms with Crippen molar-refractivity contribution in [1.82, 2.24) is 4.37 Å². The zero-order valence-electron chi connectivity index (χ0n) is 10.3. The lowest BCUT2D eigenvalue weighted by Crippen LogP contribution is -2.01. The Kier molecular flexibility index (Phi) is 3.72. The first-order chi connectivity index (χ1) is 9.61. The summed E-state index contributed by atoms with van der Waals surface area (Å²) >= 11 is 10.2. The summed E-state index contributed by atoms with van der Waals surface area (Å²) in [6.07, 6.45) is 1.98. The number of halogens is 1. The first kappa shape index (κ1) is 13.9. The van der Waals surface area contributed by atoms with Crippen molar-refractivity contribution in [2.75, 3.05) is 12.0 Å². The van der Waals surface area contributed by atoms with E-state index in [1.807, 2.05) is 6.26 Å². The number of rotatable bonds is 3. The molecule has 2 N–H and O–H groups in total. The minimum Gasteiger partial charge on any atom is -0.397 e. The predicted octanol–water partition coefficient (Wildman–Crippen LogP) is 4.55. The number of nitrogens with two attached hydrogens (primary N) is 1. The molecule has 3 aromatic rings. The molecule has 0 aliphatic heterocycles. The summed E-state index contributed by atoms with van der Waals surface area (Å²) < 4.78 is 5.39. The van der Waals surface area contributed by atoms with Crippen molar-refractivity contribution in [2.45, 2.75) is 4.21 Å². The summed E-state index contributed by atoms with van der Waals surface area (Å²) in [6, 6.07) is 6.82. The molecule has 1 aromatic carbocycles. The van der Waals surface area contributed by atoms with Crippen LogP contribution in [0.4, 0.5) is 5.69 Å². The number of nitrogen functional groups attached to an aromatic ring is 1. The molecule has 0 atom stereocenters. The molecule has 0 bridgehead atoms. The summed E-state index contributed by atoms with van der Waals surface area (Å²) in [7, 11) is 0. The summed E-state index contributed by atoms with van der Waals surface area (Å²) in [5, 5.41) is 1.51. The monoisotopic (exact) mass is 340 g/mol. The minimum atomic E-state index is -0.0841. The lowest BCUT2D eigenvalue weighted by molar-refractivity contribution is 0.104. The largest absolute Gasteiger partial charge is 0.397 e. The third-order valence-corrected chi connectivity index (χ3v) is 6.25. The lowest BCUT2D eigenvalue weighted by atomic mass is 10.1. The van der Waals surface area contributed by atoms with Crippen molar-refractivity contribution < 1.29 is 4.79 Å². The molecule has 0 radical (unpaired) electrons. The number of anilines is 1. The third kappa shape index (κ3) is 2.22. The van der Waals surface area contributed by atoms with Crippen LogP contribution in [0.2, 0.25) is 5.02 Å². The average Bonchev–Trinajstić information content (AvgIpc) is 2.99. The molecule has 0 fully saturated rings. The zero-order valence-corrected chi connectivity index (χ0v) is 13.6. The van der Waals surface area contributed by atoms with Crippen molar-refractivity contribution >= 4 is 67.9 Å². The van der Waals surface area contributed by atoms with E-state index in [1.165, 1.54) is 22.9 Å². The zero-order chi connectivity index (χ0) is 14.3. The van der Waals surface area contributed by atoms with Crippen LogP contribution in [0, 0.1) is 0 Å². The van der Waals surface area contributed by atoms with Gasteiger partial charge in [-0.3, -0.25) is 4.79 Å². The number of carbonyl (C=O) groups excluding carboxylic acids is 1. The van der Waals surface area contributed by atoms with E-state index < -0.39 is 0 Å². The molecule has 0 saturated carbocycles. The van der Waals surface area contributed by atoms with Gasteiger partial charge in [0.25, 0.3) is 0 Å². The molecule has 3 rings (SSSR count). The second-order valence-corrected chi connectivity index (χ2v) is 7.32. The first-order valence-corrected chi connectivity index (χ1v) is 8.83. The molecule has 0 aliphatic rings. The number of nitrogens with zero attached hydrogens (tertiary/aromatic N) is 1. The third-order valence-electron chi connectivity index (χ3n) is 2.84. The Morgan fingerprint density at radius 2 is 2.05 bits per heavy atom. The van der Waals surface area contributed by atoms with Crippen molar-refractivity contribution in [1.29, 1.82) is 0 Å². The Balaban J connectivity index is 2.10. The van der Waals surface area contributed by atoms with Gasteiger partial charge in [0, 0.05) is 10.6 Å². The Labute approximate surface area is 132 Å². The van der Waals surface area contributed by atoms with Gasteiger partial charge in [-0.1, -0.05) is 11.6 Å². The van der Waals surface area contributed by atoms with Gasteiger partial charge in [0.05, 0.1) is 15.3 Å². The van der Waals surface area contributed by atoms with Crippen LogP contribution in [0.5, 0.6) is 0 Å². The van der Waals surface area contributed by atoms with E-state index >= 15 is 0 Å². The smallest absolute Gasteiger partial charge is 0.205 e. The quantitative estimate of drug-likeness (QED) is 0.561. The number of carbonyl (C=O) groups is 1. The molecule has 2 aromatic heterocycles. The van der Waals surface area contributed by atoms with Gasteiger partial charge >= 0.3 is 0 Å². The highest BCUT2D eigenvalue weighted by atomic mass is 35.5. The molecule has 0 saturated heterocycles. The molecule has 102 valence electrons. The maximum atomic E-state index is 12.5. The Hall–Kier alpha value is -1.08. The average molecular weight is 341 g/mol. The van der Waals surface area contributed by atoms with E-state index in [0.717, 1.165) is 14.4 Å². The molecular formula is C13H9ClN2OS3. The van der Waals surface area contributed by atoms with E-state index in [0.29, 0.717) is 21.2 Å². The van der Waals surface area contributed by atoms with Gasteiger partial charge < -0.3 is 5.73 Å². The van der Waals surface area contributed by atoms with E-state index in [1.54, 1.807) is 36.0 Å². The van der Waals surface area contributed by atoms with E-state index in [2.05, 4.69) is 4.37 Å². The van der Waals surface area contributed by atoms with Gasteiger partial charge in [-0.25, -0.2) is 0 Å². The molecular weight excluding hydrogens is 332 g/mol. The summed E-state index contributed by atoms with van der Waals surface area (Å²) in [6.45, 7) is 0. The number of fused-ring (bicyclic) bond motifs is 1. The van der Waals surface area contributed by atoms with E-state index in [9.17, 15) is 4.79 Å². The fourth-order valence-corrected chi connectivity index (χ4v) is 4.68. The topological polar surface area (TPSA) is 56.0 Å². The first-order valence-electron chi connectivity index (χ1n) is 5.63. The number of hydrogen-bond donors (Lipinski definition) is 1. The lowest BCUT2D eigenvalue weighted by Gasteiger charge is -2.00. The van der Waals surface area contributed by atoms with E-state index in [-0.39, 0.29) is 5.78 Å². The molecule has 0 aliphatic carbocycles. The fraction of sp³-hybridized carbons (Fsp3) is 0.0769. The minimum absolute atomic E-state index is 0.0841. The van der Waals surface area contributed by atoms with Gasteiger partial charge in [-0.05, 0) is 42.1 Å². The second kappa shape index (κ2) is 5.37. The van der Waals surface area contributed by atoms with Gasteiger partial charge in [-0.15, -0.1) is 23.1 Å². The maximum Gasteiger partial charge on any atom is 0.205 e. The van der Waals surface area contributed by atoms with Crippen molar-refractivity contribution in [2.24, 2.45) is 0 Å². The van der Waals surface area contributed by atoms with Crippen LogP contribution in [0.1, 0.15) is 15.2 Å². The molecule has 7 heteroatoms. The number of hydrogen-bond acceptors (Lipinski definition) is 6. The van der Waals surface area contributed by atoms with Crippen LogP contribution >= 0.6 is 46.2 Å². The molecule has 0 amide bonds. The molecule has 3 nitrogen and oxygen atoms in total. The van der Waals surface area contributed by atoms with Crippen LogP contribution in [0.15, 0.2) is 28.5 Å². The summed E-state index contributed by atoms with van der Waals surface area (Å²) in [5.74, 6) is -0.0841. The Morgan fingerprint density at radius 1 is 1.35 bits per heavy atom. The van der Waals surface area contributed by atoms with Crippen molar-refractivity contribution in [3.8, 4) is 0 Å². The Bertz CT molecular complexity index is 792. The van der Waals surface area contributed by atoms with Crippen molar-refractivity contribution in [3.05, 3.63) is 39.7 Å². The number of ketones is 1.